The summed E-state index contributed by atoms with van der Waals surface area (Å²) in [6.07, 6.45) is 3.54. The first-order valence-corrected chi connectivity index (χ1v) is 6.81. The number of aliphatic carboxylic acids is 1. The SMILES string of the molecule is O=C(O)CCC1CCCCN1c1ccccc1[N+](=O)[O-]. The summed E-state index contributed by atoms with van der Waals surface area (Å²) in [5.74, 6) is -0.821. The van der Waals surface area contributed by atoms with Crippen molar-refractivity contribution in [2.45, 2.75) is 38.1 Å². The first-order chi connectivity index (χ1) is 9.59. The van der Waals surface area contributed by atoms with E-state index in [0.717, 1.165) is 25.8 Å². The number of carboxylic acids is 1. The summed E-state index contributed by atoms with van der Waals surface area (Å²) in [7, 11) is 0. The number of para-hydroxylation sites is 2. The maximum Gasteiger partial charge on any atom is 0.303 e. The highest BCUT2D eigenvalue weighted by molar-refractivity contribution is 5.67. The van der Waals surface area contributed by atoms with Crippen molar-refractivity contribution < 1.29 is 14.8 Å². The number of hydrogen-bond donors (Lipinski definition) is 1. The zero-order valence-electron chi connectivity index (χ0n) is 11.2. The zero-order chi connectivity index (χ0) is 14.5. The zero-order valence-corrected chi connectivity index (χ0v) is 11.2. The Morgan fingerprint density at radius 1 is 1.40 bits per heavy atom. The lowest BCUT2D eigenvalue weighted by molar-refractivity contribution is -0.384. The van der Waals surface area contributed by atoms with E-state index in [2.05, 4.69) is 0 Å². The maximum absolute atomic E-state index is 11.1. The molecule has 20 heavy (non-hydrogen) atoms. The molecule has 1 N–H and O–H groups in total. The Bertz CT molecular complexity index is 504. The van der Waals surface area contributed by atoms with Crippen LogP contribution in [0.3, 0.4) is 0 Å². The molecule has 0 amide bonds. The third kappa shape index (κ3) is 3.26. The van der Waals surface area contributed by atoms with Crippen molar-refractivity contribution in [2.75, 3.05) is 11.4 Å². The molecule has 0 aromatic heterocycles. The van der Waals surface area contributed by atoms with Gasteiger partial charge < -0.3 is 10.0 Å². The summed E-state index contributed by atoms with van der Waals surface area (Å²) in [6.45, 7) is 0.745. The van der Waals surface area contributed by atoms with Crippen LogP contribution < -0.4 is 4.90 Å². The van der Waals surface area contributed by atoms with Gasteiger partial charge >= 0.3 is 5.97 Å². The second-order valence-electron chi connectivity index (χ2n) is 5.02. The molecule has 0 radical (unpaired) electrons. The maximum atomic E-state index is 11.1. The number of carbonyl (C=O) groups is 1. The number of nitro groups is 1. The lowest BCUT2D eigenvalue weighted by Crippen LogP contribution is -2.40. The molecule has 6 heteroatoms. The van der Waals surface area contributed by atoms with Gasteiger partial charge in [-0.25, -0.2) is 0 Å². The molecule has 1 aromatic rings. The van der Waals surface area contributed by atoms with E-state index in [0.29, 0.717) is 12.1 Å². The van der Waals surface area contributed by atoms with Crippen molar-refractivity contribution in [3.05, 3.63) is 34.4 Å². The predicted molar refractivity (Wildman–Crippen MR) is 75.0 cm³/mol. The summed E-state index contributed by atoms with van der Waals surface area (Å²) >= 11 is 0. The van der Waals surface area contributed by atoms with E-state index in [-0.39, 0.29) is 23.1 Å². The Hall–Kier alpha value is -2.11. The molecule has 1 unspecified atom stereocenters. The largest absolute Gasteiger partial charge is 0.481 e. The Labute approximate surface area is 117 Å². The lowest BCUT2D eigenvalue weighted by Gasteiger charge is -2.37. The van der Waals surface area contributed by atoms with E-state index in [4.69, 9.17) is 5.11 Å². The van der Waals surface area contributed by atoms with Crippen LogP contribution in [0.25, 0.3) is 0 Å². The van der Waals surface area contributed by atoms with Crippen LogP contribution in [0.15, 0.2) is 24.3 Å². The van der Waals surface area contributed by atoms with Crippen LogP contribution in [-0.4, -0.2) is 28.6 Å². The first kappa shape index (κ1) is 14.3. The minimum absolute atomic E-state index is 0.0703. The van der Waals surface area contributed by atoms with E-state index in [1.54, 1.807) is 18.2 Å². The van der Waals surface area contributed by atoms with Crippen molar-refractivity contribution in [3.63, 3.8) is 0 Å². The first-order valence-electron chi connectivity index (χ1n) is 6.81. The molecule has 1 fully saturated rings. The fourth-order valence-electron chi connectivity index (χ4n) is 2.77. The minimum atomic E-state index is -0.821. The van der Waals surface area contributed by atoms with E-state index in [1.807, 2.05) is 4.90 Å². The second kappa shape index (κ2) is 6.36. The standard InChI is InChI=1S/C14H18N2O4/c17-14(18)9-8-11-5-3-4-10-15(11)12-6-1-2-7-13(12)16(19)20/h1-2,6-7,11H,3-5,8-10H2,(H,17,18). The van der Waals surface area contributed by atoms with Gasteiger partial charge in [0, 0.05) is 25.1 Å². The Kier molecular flexibility index (Phi) is 4.55. The fourth-order valence-corrected chi connectivity index (χ4v) is 2.77. The number of rotatable bonds is 5. The number of piperidine rings is 1. The van der Waals surface area contributed by atoms with Crippen LogP contribution >= 0.6 is 0 Å². The molecule has 0 spiro atoms. The monoisotopic (exact) mass is 278 g/mol. The molecule has 0 saturated carbocycles. The summed E-state index contributed by atoms with van der Waals surface area (Å²) in [5.41, 5.74) is 0.697. The molecule has 1 saturated heterocycles. The minimum Gasteiger partial charge on any atom is -0.481 e. The highest BCUT2D eigenvalue weighted by Gasteiger charge is 2.27. The summed E-state index contributed by atoms with van der Waals surface area (Å²) in [4.78, 5) is 23.5. The van der Waals surface area contributed by atoms with Crippen molar-refractivity contribution in [1.82, 2.24) is 0 Å². The number of nitrogens with zero attached hydrogens (tertiary/aromatic N) is 2. The van der Waals surface area contributed by atoms with Gasteiger partial charge in [-0.05, 0) is 31.7 Å². The molecule has 1 aromatic carbocycles. The van der Waals surface area contributed by atoms with Gasteiger partial charge in [-0.1, -0.05) is 12.1 Å². The molecule has 1 atom stereocenters. The van der Waals surface area contributed by atoms with Crippen LogP contribution in [0.5, 0.6) is 0 Å². The van der Waals surface area contributed by atoms with Crippen LogP contribution in [0.2, 0.25) is 0 Å². The summed E-state index contributed by atoms with van der Waals surface area (Å²) in [5, 5.41) is 19.9. The molecule has 1 heterocycles. The van der Waals surface area contributed by atoms with Crippen LogP contribution in [-0.2, 0) is 4.79 Å². The van der Waals surface area contributed by atoms with Gasteiger partial charge in [-0.2, -0.15) is 0 Å². The molecule has 1 aliphatic heterocycles. The van der Waals surface area contributed by atoms with Gasteiger partial charge in [0.15, 0.2) is 0 Å². The average Bonchev–Trinajstić information content (AvgIpc) is 2.45. The van der Waals surface area contributed by atoms with Crippen LogP contribution in [0, 0.1) is 10.1 Å². The predicted octanol–water partition coefficient (Wildman–Crippen LogP) is 2.82. The number of anilines is 1. The lowest BCUT2D eigenvalue weighted by atomic mass is 9.97. The van der Waals surface area contributed by atoms with Crippen LogP contribution in [0.1, 0.15) is 32.1 Å². The normalized spacial score (nSPS) is 18.8. The number of nitro benzene ring substituents is 1. The Morgan fingerprint density at radius 2 is 2.15 bits per heavy atom. The molecule has 0 aliphatic carbocycles. The van der Waals surface area contributed by atoms with E-state index in [1.165, 1.54) is 6.07 Å². The van der Waals surface area contributed by atoms with Gasteiger partial charge in [-0.3, -0.25) is 14.9 Å². The van der Waals surface area contributed by atoms with Gasteiger partial charge in [0.1, 0.15) is 5.69 Å². The topological polar surface area (TPSA) is 83.7 Å². The number of hydrogen-bond acceptors (Lipinski definition) is 4. The van der Waals surface area contributed by atoms with Crippen LogP contribution in [0.4, 0.5) is 11.4 Å². The molecule has 108 valence electrons. The molecular weight excluding hydrogens is 260 g/mol. The van der Waals surface area contributed by atoms with Gasteiger partial charge in [0.25, 0.3) is 5.69 Å². The third-order valence-corrected chi connectivity index (χ3v) is 3.71. The van der Waals surface area contributed by atoms with Crippen molar-refractivity contribution in [1.29, 1.82) is 0 Å². The van der Waals surface area contributed by atoms with E-state index >= 15 is 0 Å². The third-order valence-electron chi connectivity index (χ3n) is 3.71. The van der Waals surface area contributed by atoms with E-state index < -0.39 is 5.97 Å². The quantitative estimate of drug-likeness (QED) is 0.661. The smallest absolute Gasteiger partial charge is 0.303 e. The number of benzene rings is 1. The van der Waals surface area contributed by atoms with Crippen molar-refractivity contribution >= 4 is 17.3 Å². The molecular formula is C14H18N2O4. The Balaban J connectivity index is 2.23. The van der Waals surface area contributed by atoms with Gasteiger partial charge in [0.2, 0.25) is 0 Å². The summed E-state index contributed by atoms with van der Waals surface area (Å²) in [6, 6.07) is 6.75. The number of carboxylic acid groups (broad SMARTS) is 1. The summed E-state index contributed by atoms with van der Waals surface area (Å²) < 4.78 is 0. The molecule has 0 bridgehead atoms. The Morgan fingerprint density at radius 3 is 2.85 bits per heavy atom. The van der Waals surface area contributed by atoms with Gasteiger partial charge in [0.05, 0.1) is 4.92 Å². The van der Waals surface area contributed by atoms with Gasteiger partial charge in [-0.15, -0.1) is 0 Å². The van der Waals surface area contributed by atoms with Crippen molar-refractivity contribution in [2.24, 2.45) is 0 Å². The average molecular weight is 278 g/mol. The highest BCUT2D eigenvalue weighted by atomic mass is 16.6. The van der Waals surface area contributed by atoms with Crippen molar-refractivity contribution in [3.8, 4) is 0 Å². The molecule has 1 aliphatic rings. The van der Waals surface area contributed by atoms with E-state index in [9.17, 15) is 14.9 Å². The molecule has 2 rings (SSSR count). The second-order valence-corrected chi connectivity index (χ2v) is 5.02. The molecule has 6 nitrogen and oxygen atoms in total. The fraction of sp³-hybridized carbons (Fsp3) is 0.500. The highest BCUT2D eigenvalue weighted by Crippen LogP contribution is 2.33.